The Morgan fingerprint density at radius 2 is 1.93 bits per heavy atom. The van der Waals surface area contributed by atoms with E-state index in [2.05, 4.69) is 45.9 Å². The van der Waals surface area contributed by atoms with E-state index in [4.69, 9.17) is 0 Å². The van der Waals surface area contributed by atoms with Crippen LogP contribution in [0.1, 0.15) is 37.7 Å². The van der Waals surface area contributed by atoms with Gasteiger partial charge in [0, 0.05) is 14.1 Å². The molecule has 0 atom stereocenters. The van der Waals surface area contributed by atoms with Crippen LogP contribution in [-0.4, -0.2) is 4.75 Å². The van der Waals surface area contributed by atoms with Crippen molar-refractivity contribution >= 4 is 27.7 Å². The minimum Gasteiger partial charge on any atom is -0.118 e. The Labute approximate surface area is 104 Å². The molecule has 2 heteroatoms. The normalized spacial score (nSPS) is 23.0. The third-order valence-electron chi connectivity index (χ3n) is 3.64. The standard InChI is InChI=1S/C13H15BrS/c14-11-6-4-5-10-9-13(15-12(10)11)7-2-1-3-8-13/h4-6H,1-3,7-9H2. The van der Waals surface area contributed by atoms with E-state index >= 15 is 0 Å². The topological polar surface area (TPSA) is 0 Å². The first kappa shape index (κ1) is 10.2. The molecule has 1 heterocycles. The SMILES string of the molecule is Brc1cccc2c1SC1(CCCCC1)C2. The molecule has 0 unspecified atom stereocenters. The molecule has 0 bridgehead atoms. The predicted octanol–water partition coefficient (Wildman–Crippen LogP) is 4.80. The van der Waals surface area contributed by atoms with Crippen LogP contribution in [0.4, 0.5) is 0 Å². The smallest absolute Gasteiger partial charge is 0.0314 e. The van der Waals surface area contributed by atoms with E-state index in [-0.39, 0.29) is 0 Å². The highest BCUT2D eigenvalue weighted by Crippen LogP contribution is 2.54. The van der Waals surface area contributed by atoms with Crippen molar-refractivity contribution in [3.63, 3.8) is 0 Å². The summed E-state index contributed by atoms with van der Waals surface area (Å²) in [7, 11) is 0. The first-order chi connectivity index (χ1) is 7.29. The summed E-state index contributed by atoms with van der Waals surface area (Å²) >= 11 is 5.82. The molecule has 80 valence electrons. The van der Waals surface area contributed by atoms with E-state index < -0.39 is 0 Å². The number of hydrogen-bond donors (Lipinski definition) is 0. The van der Waals surface area contributed by atoms with E-state index in [1.807, 2.05) is 0 Å². The molecule has 1 saturated carbocycles. The second-order valence-corrected chi connectivity index (χ2v) is 7.08. The molecule has 0 aromatic heterocycles. The van der Waals surface area contributed by atoms with Gasteiger partial charge in [-0.15, -0.1) is 11.8 Å². The number of benzene rings is 1. The van der Waals surface area contributed by atoms with E-state index in [0.29, 0.717) is 4.75 Å². The Morgan fingerprint density at radius 3 is 2.67 bits per heavy atom. The second kappa shape index (κ2) is 3.81. The molecule has 0 N–H and O–H groups in total. The summed E-state index contributed by atoms with van der Waals surface area (Å²) in [5.74, 6) is 0. The van der Waals surface area contributed by atoms with Crippen molar-refractivity contribution in [1.82, 2.24) is 0 Å². The minimum atomic E-state index is 0.560. The molecule has 0 radical (unpaired) electrons. The maximum atomic E-state index is 3.68. The van der Waals surface area contributed by atoms with Crippen molar-refractivity contribution in [1.29, 1.82) is 0 Å². The van der Waals surface area contributed by atoms with Crippen molar-refractivity contribution in [2.75, 3.05) is 0 Å². The summed E-state index contributed by atoms with van der Waals surface area (Å²) in [6.45, 7) is 0. The largest absolute Gasteiger partial charge is 0.118 e. The number of thioether (sulfide) groups is 1. The van der Waals surface area contributed by atoms with E-state index in [1.54, 1.807) is 5.56 Å². The zero-order valence-corrected chi connectivity index (χ0v) is 11.2. The van der Waals surface area contributed by atoms with E-state index in [1.165, 1.54) is 47.9 Å². The molecule has 1 aromatic rings. The van der Waals surface area contributed by atoms with Gasteiger partial charge in [0.1, 0.15) is 0 Å². The monoisotopic (exact) mass is 282 g/mol. The summed E-state index contributed by atoms with van der Waals surface area (Å²) in [4.78, 5) is 1.51. The fourth-order valence-corrected chi connectivity index (χ4v) is 5.12. The lowest BCUT2D eigenvalue weighted by molar-refractivity contribution is 0.400. The molecule has 1 fully saturated rings. The fourth-order valence-electron chi connectivity index (χ4n) is 2.88. The van der Waals surface area contributed by atoms with Crippen LogP contribution in [0.5, 0.6) is 0 Å². The van der Waals surface area contributed by atoms with Gasteiger partial charge in [-0.1, -0.05) is 31.4 Å². The average molecular weight is 283 g/mol. The molecular formula is C13H15BrS. The third-order valence-corrected chi connectivity index (χ3v) is 6.24. The molecule has 0 nitrogen and oxygen atoms in total. The zero-order chi connectivity index (χ0) is 10.3. The highest BCUT2D eigenvalue weighted by atomic mass is 79.9. The molecular weight excluding hydrogens is 268 g/mol. The Morgan fingerprint density at radius 1 is 1.13 bits per heavy atom. The number of rotatable bonds is 0. The number of hydrogen-bond acceptors (Lipinski definition) is 1. The molecule has 1 spiro atoms. The molecule has 2 aliphatic rings. The van der Waals surface area contributed by atoms with Crippen LogP contribution in [0, 0.1) is 0 Å². The lowest BCUT2D eigenvalue weighted by Gasteiger charge is -2.32. The molecule has 1 aliphatic carbocycles. The molecule has 0 amide bonds. The molecule has 0 saturated heterocycles. The average Bonchev–Trinajstić information content (AvgIpc) is 2.59. The molecule has 1 aliphatic heterocycles. The maximum absolute atomic E-state index is 3.68. The van der Waals surface area contributed by atoms with Gasteiger partial charge in [0.2, 0.25) is 0 Å². The van der Waals surface area contributed by atoms with Crippen molar-refractivity contribution in [2.45, 2.75) is 48.2 Å². The van der Waals surface area contributed by atoms with Crippen LogP contribution in [-0.2, 0) is 6.42 Å². The lowest BCUT2D eigenvalue weighted by atomic mass is 9.84. The zero-order valence-electron chi connectivity index (χ0n) is 8.76. The van der Waals surface area contributed by atoms with Crippen LogP contribution in [0.25, 0.3) is 0 Å². The summed E-state index contributed by atoms with van der Waals surface area (Å²) in [5, 5.41) is 0. The summed E-state index contributed by atoms with van der Waals surface area (Å²) in [5.41, 5.74) is 1.57. The molecule has 15 heavy (non-hydrogen) atoms. The fraction of sp³-hybridized carbons (Fsp3) is 0.538. The van der Waals surface area contributed by atoms with Gasteiger partial charge in [-0.2, -0.15) is 0 Å². The van der Waals surface area contributed by atoms with E-state index in [9.17, 15) is 0 Å². The quantitative estimate of drug-likeness (QED) is 0.659. The van der Waals surface area contributed by atoms with Crippen molar-refractivity contribution in [3.8, 4) is 0 Å². The van der Waals surface area contributed by atoms with Crippen LogP contribution in [0.3, 0.4) is 0 Å². The van der Waals surface area contributed by atoms with Crippen molar-refractivity contribution < 1.29 is 0 Å². The van der Waals surface area contributed by atoms with E-state index in [0.717, 1.165) is 0 Å². The highest BCUT2D eigenvalue weighted by molar-refractivity contribution is 9.10. The summed E-state index contributed by atoms with van der Waals surface area (Å²) in [6, 6.07) is 6.65. The predicted molar refractivity (Wildman–Crippen MR) is 69.5 cm³/mol. The molecule has 3 rings (SSSR count). The summed E-state index contributed by atoms with van der Waals surface area (Å²) < 4.78 is 1.86. The Hall–Kier alpha value is 0.0500. The van der Waals surface area contributed by atoms with Gasteiger partial charge in [0.05, 0.1) is 0 Å². The Bertz CT molecular complexity index is 380. The van der Waals surface area contributed by atoms with Gasteiger partial charge in [0.15, 0.2) is 0 Å². The van der Waals surface area contributed by atoms with Crippen LogP contribution < -0.4 is 0 Å². The van der Waals surface area contributed by atoms with Gasteiger partial charge in [-0.05, 0) is 46.8 Å². The van der Waals surface area contributed by atoms with Gasteiger partial charge in [-0.3, -0.25) is 0 Å². The third kappa shape index (κ3) is 1.76. The summed E-state index contributed by atoms with van der Waals surface area (Å²) in [6.07, 6.45) is 8.43. The lowest BCUT2D eigenvalue weighted by Crippen LogP contribution is -2.26. The van der Waals surface area contributed by atoms with Crippen LogP contribution in [0.15, 0.2) is 27.6 Å². The number of fused-ring (bicyclic) bond motifs is 1. The van der Waals surface area contributed by atoms with Gasteiger partial charge in [0.25, 0.3) is 0 Å². The Balaban J connectivity index is 1.94. The Kier molecular flexibility index (Phi) is 2.60. The number of halogens is 1. The minimum absolute atomic E-state index is 0.560. The van der Waals surface area contributed by atoms with Crippen molar-refractivity contribution in [2.24, 2.45) is 0 Å². The first-order valence-electron chi connectivity index (χ1n) is 5.76. The van der Waals surface area contributed by atoms with Crippen LogP contribution >= 0.6 is 27.7 Å². The highest BCUT2D eigenvalue weighted by Gasteiger charge is 2.39. The van der Waals surface area contributed by atoms with Crippen LogP contribution in [0.2, 0.25) is 0 Å². The van der Waals surface area contributed by atoms with Crippen molar-refractivity contribution in [3.05, 3.63) is 28.2 Å². The van der Waals surface area contributed by atoms with Gasteiger partial charge in [-0.25, -0.2) is 0 Å². The first-order valence-corrected chi connectivity index (χ1v) is 7.36. The second-order valence-electron chi connectivity index (χ2n) is 4.75. The molecule has 1 aromatic carbocycles. The van der Waals surface area contributed by atoms with Gasteiger partial charge < -0.3 is 0 Å². The van der Waals surface area contributed by atoms with Gasteiger partial charge >= 0.3 is 0 Å². The maximum Gasteiger partial charge on any atom is 0.0314 e.